The number of benzene rings is 1. The molecule has 29 heavy (non-hydrogen) atoms. The van der Waals surface area contributed by atoms with Crippen LogP contribution < -0.4 is 0 Å². The lowest BCUT2D eigenvalue weighted by molar-refractivity contribution is -0.384. The molecule has 6 rings (SSSR count). The minimum Gasteiger partial charge on any atom is -0.460 e. The zero-order valence-corrected chi connectivity index (χ0v) is 16.2. The summed E-state index contributed by atoms with van der Waals surface area (Å²) in [7, 11) is 0. The van der Waals surface area contributed by atoms with Gasteiger partial charge in [0.05, 0.1) is 42.3 Å². The van der Waals surface area contributed by atoms with Crippen molar-refractivity contribution >= 4 is 17.6 Å². The Hall–Kier alpha value is -2.88. The van der Waals surface area contributed by atoms with Gasteiger partial charge >= 0.3 is 0 Å². The SMILES string of the molecule is Cc1ccc(C=NN=C(c2cccc([N+](=O)[O-])c2)C23CN4CN(CN(C4)C2)C3)o1. The summed E-state index contributed by atoms with van der Waals surface area (Å²) in [5.41, 5.74) is 1.37. The minimum absolute atomic E-state index is 0.0616. The first kappa shape index (κ1) is 18.2. The van der Waals surface area contributed by atoms with Crippen LogP contribution in [-0.4, -0.2) is 71.2 Å². The van der Waals surface area contributed by atoms with Gasteiger partial charge in [0, 0.05) is 37.3 Å². The Bertz CT molecular complexity index is 976. The van der Waals surface area contributed by atoms with Gasteiger partial charge in [-0.3, -0.25) is 24.8 Å². The Morgan fingerprint density at radius 2 is 1.83 bits per heavy atom. The fourth-order valence-corrected chi connectivity index (χ4v) is 4.84. The topological polar surface area (TPSA) is 90.7 Å². The van der Waals surface area contributed by atoms with E-state index < -0.39 is 0 Å². The second-order valence-corrected chi connectivity index (χ2v) is 8.14. The van der Waals surface area contributed by atoms with Crippen molar-refractivity contribution in [2.24, 2.45) is 15.6 Å². The number of hydrogen-bond donors (Lipinski definition) is 0. The van der Waals surface area contributed by atoms with E-state index in [0.29, 0.717) is 5.76 Å². The quantitative estimate of drug-likeness (QED) is 0.438. The first-order valence-electron chi connectivity index (χ1n) is 9.61. The zero-order chi connectivity index (χ0) is 20.0. The van der Waals surface area contributed by atoms with Crippen LogP contribution in [-0.2, 0) is 0 Å². The van der Waals surface area contributed by atoms with Gasteiger partial charge < -0.3 is 4.42 Å². The zero-order valence-electron chi connectivity index (χ0n) is 16.2. The monoisotopic (exact) mass is 394 g/mol. The predicted octanol–water partition coefficient (Wildman–Crippen LogP) is 2.13. The van der Waals surface area contributed by atoms with E-state index in [-0.39, 0.29) is 16.0 Å². The largest absolute Gasteiger partial charge is 0.460 e. The summed E-state index contributed by atoms with van der Waals surface area (Å²) in [4.78, 5) is 18.1. The molecule has 4 aliphatic heterocycles. The van der Waals surface area contributed by atoms with E-state index in [1.165, 1.54) is 6.07 Å². The molecule has 4 fully saturated rings. The highest BCUT2D eigenvalue weighted by Gasteiger charge is 2.52. The standard InChI is InChI=1S/C20H22N6O3/c1-15-5-6-18(29-15)8-21-22-19(16-3-2-4-17(7-16)26(27)28)20-9-23-12-24(10-20)14-25(11-20)13-23/h2-8H,9-14H2,1H3. The van der Waals surface area contributed by atoms with Gasteiger partial charge in [-0.1, -0.05) is 12.1 Å². The number of nitro benzene ring substituents is 1. The van der Waals surface area contributed by atoms with Crippen LogP contribution in [0.4, 0.5) is 5.69 Å². The fraction of sp³-hybridized carbons (Fsp3) is 0.400. The van der Waals surface area contributed by atoms with Crippen molar-refractivity contribution in [3.63, 3.8) is 0 Å². The molecule has 1 aromatic heterocycles. The third-order valence-corrected chi connectivity index (χ3v) is 5.72. The van der Waals surface area contributed by atoms with Gasteiger partial charge in [-0.15, -0.1) is 0 Å². The summed E-state index contributed by atoms with van der Waals surface area (Å²) in [5.74, 6) is 1.44. The van der Waals surface area contributed by atoms with Crippen molar-refractivity contribution in [1.29, 1.82) is 0 Å². The molecule has 0 N–H and O–H groups in total. The van der Waals surface area contributed by atoms with Crippen molar-refractivity contribution in [3.05, 3.63) is 63.6 Å². The van der Waals surface area contributed by atoms with Crippen molar-refractivity contribution in [1.82, 2.24) is 14.7 Å². The van der Waals surface area contributed by atoms with E-state index >= 15 is 0 Å². The van der Waals surface area contributed by atoms with Gasteiger partial charge in [0.1, 0.15) is 11.5 Å². The number of nitro groups is 1. The average Bonchev–Trinajstić information content (AvgIpc) is 3.09. The molecule has 150 valence electrons. The summed E-state index contributed by atoms with van der Waals surface area (Å²) in [6.07, 6.45) is 1.59. The molecular formula is C20H22N6O3. The molecule has 0 aliphatic carbocycles. The number of non-ortho nitro benzene ring substituents is 1. The summed E-state index contributed by atoms with van der Waals surface area (Å²) >= 11 is 0. The molecule has 2 aromatic rings. The lowest BCUT2D eigenvalue weighted by Gasteiger charge is -2.60. The van der Waals surface area contributed by atoms with Crippen LogP contribution in [0.15, 0.2) is 51.0 Å². The first-order valence-corrected chi connectivity index (χ1v) is 9.61. The maximum atomic E-state index is 11.3. The molecule has 4 bridgehead atoms. The van der Waals surface area contributed by atoms with E-state index in [2.05, 4.69) is 24.9 Å². The van der Waals surface area contributed by atoms with Crippen LogP contribution in [0.3, 0.4) is 0 Å². The summed E-state index contributed by atoms with van der Waals surface area (Å²) in [6.45, 7) is 7.35. The third kappa shape index (κ3) is 3.37. The molecule has 4 aliphatic rings. The second-order valence-electron chi connectivity index (χ2n) is 8.14. The Kier molecular flexibility index (Phi) is 4.30. The number of aryl methyl sites for hydroxylation is 1. The van der Waals surface area contributed by atoms with Crippen LogP contribution in [0.5, 0.6) is 0 Å². The molecule has 0 amide bonds. The molecule has 4 saturated heterocycles. The second kappa shape index (κ2) is 6.87. The van der Waals surface area contributed by atoms with Crippen molar-refractivity contribution in [2.45, 2.75) is 6.92 Å². The van der Waals surface area contributed by atoms with Crippen LogP contribution in [0, 0.1) is 22.5 Å². The first-order chi connectivity index (χ1) is 14.0. The smallest absolute Gasteiger partial charge is 0.270 e. The molecule has 0 radical (unpaired) electrons. The van der Waals surface area contributed by atoms with Crippen LogP contribution in [0.25, 0.3) is 0 Å². The predicted molar refractivity (Wildman–Crippen MR) is 108 cm³/mol. The molecule has 9 nitrogen and oxygen atoms in total. The molecular weight excluding hydrogens is 372 g/mol. The summed E-state index contributed by atoms with van der Waals surface area (Å²) in [5, 5.41) is 20.2. The number of hydrogen-bond acceptors (Lipinski definition) is 8. The molecule has 0 unspecified atom stereocenters. The Balaban J connectivity index is 1.56. The Morgan fingerprint density at radius 1 is 1.14 bits per heavy atom. The number of furan rings is 1. The minimum atomic E-state index is -0.369. The molecule has 0 saturated carbocycles. The van der Waals surface area contributed by atoms with Gasteiger partial charge in [0.25, 0.3) is 5.69 Å². The van der Waals surface area contributed by atoms with Crippen molar-refractivity contribution in [2.75, 3.05) is 39.6 Å². The Morgan fingerprint density at radius 3 is 2.41 bits per heavy atom. The number of nitrogens with zero attached hydrogens (tertiary/aromatic N) is 6. The molecule has 0 atom stereocenters. The van der Waals surface area contributed by atoms with Gasteiger partial charge in [-0.2, -0.15) is 10.2 Å². The van der Waals surface area contributed by atoms with Crippen molar-refractivity contribution in [3.8, 4) is 0 Å². The third-order valence-electron chi connectivity index (χ3n) is 5.72. The molecule has 5 heterocycles. The van der Waals surface area contributed by atoms with E-state index in [1.807, 2.05) is 25.1 Å². The lowest BCUT2D eigenvalue weighted by Crippen LogP contribution is -2.74. The highest BCUT2D eigenvalue weighted by atomic mass is 16.6. The molecule has 0 spiro atoms. The van der Waals surface area contributed by atoms with E-state index in [1.54, 1.807) is 18.3 Å². The maximum absolute atomic E-state index is 11.3. The van der Waals surface area contributed by atoms with Gasteiger partial charge in [0.2, 0.25) is 0 Å². The fourth-order valence-electron chi connectivity index (χ4n) is 4.84. The Labute approximate surface area is 168 Å². The van der Waals surface area contributed by atoms with Crippen LogP contribution in [0.2, 0.25) is 0 Å². The van der Waals surface area contributed by atoms with Crippen molar-refractivity contribution < 1.29 is 9.34 Å². The van der Waals surface area contributed by atoms with E-state index in [0.717, 1.165) is 56.7 Å². The van der Waals surface area contributed by atoms with E-state index in [4.69, 9.17) is 4.42 Å². The van der Waals surface area contributed by atoms with Gasteiger partial charge in [-0.25, -0.2) is 0 Å². The van der Waals surface area contributed by atoms with Gasteiger partial charge in [-0.05, 0) is 19.1 Å². The van der Waals surface area contributed by atoms with Gasteiger partial charge in [0.15, 0.2) is 0 Å². The normalized spacial score (nSPS) is 30.9. The highest BCUT2D eigenvalue weighted by molar-refractivity contribution is 6.06. The van der Waals surface area contributed by atoms with Crippen LogP contribution in [0.1, 0.15) is 17.1 Å². The average molecular weight is 394 g/mol. The number of rotatable bonds is 5. The summed E-state index contributed by atoms with van der Waals surface area (Å²) in [6, 6.07) is 10.4. The lowest BCUT2D eigenvalue weighted by atomic mass is 9.74. The summed E-state index contributed by atoms with van der Waals surface area (Å²) < 4.78 is 5.54. The molecule has 9 heteroatoms. The maximum Gasteiger partial charge on any atom is 0.270 e. The van der Waals surface area contributed by atoms with E-state index in [9.17, 15) is 10.1 Å². The highest BCUT2D eigenvalue weighted by Crippen LogP contribution is 2.39. The molecule has 1 aromatic carbocycles. The van der Waals surface area contributed by atoms with Crippen LogP contribution >= 0.6 is 0 Å².